The van der Waals surface area contributed by atoms with Crippen LogP contribution >= 0.6 is 0 Å². The third kappa shape index (κ3) is 7.28. The van der Waals surface area contributed by atoms with Gasteiger partial charge >= 0.3 is 0 Å². The van der Waals surface area contributed by atoms with Crippen molar-refractivity contribution in [1.29, 1.82) is 0 Å². The molecule has 1 fully saturated rings. The predicted octanol–water partition coefficient (Wildman–Crippen LogP) is 9.14. The zero-order valence-corrected chi connectivity index (χ0v) is 26.5. The average molecular weight is 592 g/mol. The summed E-state index contributed by atoms with van der Waals surface area (Å²) in [6, 6.07) is 47.0. The van der Waals surface area contributed by atoms with E-state index in [0.717, 1.165) is 58.9 Å². The molecule has 45 heavy (non-hydrogen) atoms. The smallest absolute Gasteiger partial charge is 0.0239 e. The molecule has 228 valence electrons. The quantitative estimate of drug-likeness (QED) is 0.191. The first kappa shape index (κ1) is 29.7. The summed E-state index contributed by atoms with van der Waals surface area (Å²) >= 11 is 0. The van der Waals surface area contributed by atoms with Crippen LogP contribution in [0.1, 0.15) is 36.0 Å². The number of rotatable bonds is 6. The van der Waals surface area contributed by atoms with E-state index in [-0.39, 0.29) is 0 Å². The van der Waals surface area contributed by atoms with Crippen LogP contribution in [0, 0.1) is 0 Å². The lowest BCUT2D eigenvalue weighted by Gasteiger charge is -2.31. The van der Waals surface area contributed by atoms with Crippen molar-refractivity contribution in [2.75, 3.05) is 39.3 Å². The molecule has 0 unspecified atom stereocenters. The van der Waals surface area contributed by atoms with E-state index in [1.807, 2.05) is 0 Å². The molecule has 6 aromatic carbocycles. The highest BCUT2D eigenvalue weighted by atomic mass is 15.2. The van der Waals surface area contributed by atoms with Gasteiger partial charge in [0.25, 0.3) is 0 Å². The van der Waals surface area contributed by atoms with Gasteiger partial charge in [-0.2, -0.15) is 0 Å². The van der Waals surface area contributed by atoms with Crippen molar-refractivity contribution < 1.29 is 0 Å². The largest absolute Gasteiger partial charge is 0.299 e. The Morgan fingerprint density at radius 3 is 0.889 bits per heavy atom. The van der Waals surface area contributed by atoms with E-state index in [2.05, 4.69) is 142 Å². The highest BCUT2D eigenvalue weighted by Gasteiger charge is 2.16. The number of nitrogens with zero attached hydrogens (tertiary/aromatic N) is 3. The topological polar surface area (TPSA) is 9.72 Å². The molecule has 0 amide bonds. The van der Waals surface area contributed by atoms with Crippen LogP contribution in [-0.2, 0) is 19.6 Å². The molecule has 0 atom stereocenters. The first-order valence-electron chi connectivity index (χ1n) is 16.9. The van der Waals surface area contributed by atoms with Crippen molar-refractivity contribution in [3.8, 4) is 0 Å². The van der Waals surface area contributed by atoms with Crippen LogP contribution in [0.25, 0.3) is 32.3 Å². The molecular formula is C42H45N3. The summed E-state index contributed by atoms with van der Waals surface area (Å²) in [6.07, 6.45) is 3.57. The van der Waals surface area contributed by atoms with Gasteiger partial charge in [0.15, 0.2) is 0 Å². The van der Waals surface area contributed by atoms with E-state index in [9.17, 15) is 0 Å². The second-order valence-electron chi connectivity index (χ2n) is 12.8. The first-order chi connectivity index (χ1) is 22.3. The SMILES string of the molecule is c1ccc2c(CN3CCCN(Cc4cccc5ccccc45)CCCN(Cc4cccc5ccccc45)CCC3)cccc2c1. The number of benzene rings is 6. The minimum atomic E-state index is 1.01. The molecule has 0 spiro atoms. The second kappa shape index (κ2) is 14.4. The molecule has 3 nitrogen and oxygen atoms in total. The van der Waals surface area contributed by atoms with E-state index in [1.165, 1.54) is 68.3 Å². The zero-order chi connectivity index (χ0) is 30.3. The summed E-state index contributed by atoms with van der Waals surface area (Å²) in [7, 11) is 0. The van der Waals surface area contributed by atoms with Crippen molar-refractivity contribution in [2.45, 2.75) is 38.9 Å². The summed E-state index contributed by atoms with van der Waals surface area (Å²) in [5, 5.41) is 8.19. The Kier molecular flexibility index (Phi) is 9.49. The number of fused-ring (bicyclic) bond motifs is 3. The lowest BCUT2D eigenvalue weighted by Crippen LogP contribution is -2.36. The Labute approximate surface area is 268 Å². The fourth-order valence-corrected chi connectivity index (χ4v) is 7.38. The van der Waals surface area contributed by atoms with E-state index >= 15 is 0 Å². The van der Waals surface area contributed by atoms with Gasteiger partial charge < -0.3 is 0 Å². The molecule has 0 saturated carbocycles. The monoisotopic (exact) mass is 591 g/mol. The molecule has 1 aliphatic rings. The van der Waals surface area contributed by atoms with Crippen LogP contribution in [0.5, 0.6) is 0 Å². The number of hydrogen-bond donors (Lipinski definition) is 0. The van der Waals surface area contributed by atoms with E-state index in [4.69, 9.17) is 0 Å². The van der Waals surface area contributed by atoms with E-state index < -0.39 is 0 Å². The van der Waals surface area contributed by atoms with Crippen molar-refractivity contribution in [1.82, 2.24) is 14.7 Å². The molecule has 6 aromatic rings. The molecule has 1 saturated heterocycles. The lowest BCUT2D eigenvalue weighted by atomic mass is 10.0. The summed E-state index contributed by atoms with van der Waals surface area (Å²) in [6.45, 7) is 9.77. The summed E-state index contributed by atoms with van der Waals surface area (Å²) in [4.78, 5) is 8.15. The minimum Gasteiger partial charge on any atom is -0.299 e. The van der Waals surface area contributed by atoms with Gasteiger partial charge in [0, 0.05) is 19.6 Å². The fourth-order valence-electron chi connectivity index (χ4n) is 7.38. The highest BCUT2D eigenvalue weighted by Crippen LogP contribution is 2.24. The third-order valence-electron chi connectivity index (χ3n) is 9.67. The second-order valence-corrected chi connectivity index (χ2v) is 12.8. The van der Waals surface area contributed by atoms with Crippen LogP contribution in [0.15, 0.2) is 127 Å². The molecule has 1 aliphatic heterocycles. The van der Waals surface area contributed by atoms with E-state index in [1.54, 1.807) is 0 Å². The highest BCUT2D eigenvalue weighted by molar-refractivity contribution is 5.87. The summed E-state index contributed by atoms with van der Waals surface area (Å²) < 4.78 is 0. The van der Waals surface area contributed by atoms with Gasteiger partial charge in [-0.1, -0.05) is 127 Å². The van der Waals surface area contributed by atoms with Crippen LogP contribution in [-0.4, -0.2) is 54.0 Å². The van der Waals surface area contributed by atoms with E-state index in [0.29, 0.717) is 0 Å². The normalized spacial score (nSPS) is 16.5. The van der Waals surface area contributed by atoms with Crippen LogP contribution in [0.2, 0.25) is 0 Å². The molecule has 3 heteroatoms. The Hall–Kier alpha value is -4.02. The van der Waals surface area contributed by atoms with Gasteiger partial charge in [-0.25, -0.2) is 0 Å². The maximum Gasteiger partial charge on any atom is 0.0239 e. The Bertz CT molecular complexity index is 1620. The molecular weight excluding hydrogens is 546 g/mol. The molecule has 0 radical (unpaired) electrons. The van der Waals surface area contributed by atoms with Crippen molar-refractivity contribution in [3.05, 3.63) is 144 Å². The third-order valence-corrected chi connectivity index (χ3v) is 9.67. The maximum absolute atomic E-state index is 2.72. The first-order valence-corrected chi connectivity index (χ1v) is 16.9. The molecule has 1 heterocycles. The van der Waals surface area contributed by atoms with Crippen molar-refractivity contribution in [3.63, 3.8) is 0 Å². The maximum atomic E-state index is 2.72. The lowest BCUT2D eigenvalue weighted by molar-refractivity contribution is 0.173. The van der Waals surface area contributed by atoms with Crippen LogP contribution in [0.3, 0.4) is 0 Å². The van der Waals surface area contributed by atoms with Crippen LogP contribution in [0.4, 0.5) is 0 Å². The summed E-state index contributed by atoms with van der Waals surface area (Å²) in [5.41, 5.74) is 4.33. The van der Waals surface area contributed by atoms with Gasteiger partial charge in [0.05, 0.1) is 0 Å². The van der Waals surface area contributed by atoms with Crippen molar-refractivity contribution in [2.24, 2.45) is 0 Å². The Morgan fingerprint density at radius 1 is 0.311 bits per heavy atom. The molecule has 0 bridgehead atoms. The standard InChI is InChI=1S/C42H45N3/c1-4-22-40-34(13-1)16-7-19-37(40)31-43-25-10-27-44(32-38-20-8-17-35-14-2-5-23-41(35)38)29-12-30-45(28-11-26-43)33-39-21-9-18-36-15-3-6-24-42(36)39/h1-9,13-24H,10-12,25-33H2. The van der Waals surface area contributed by atoms with Gasteiger partial charge in [0.2, 0.25) is 0 Å². The van der Waals surface area contributed by atoms with Crippen LogP contribution < -0.4 is 0 Å². The average Bonchev–Trinajstić information content (AvgIpc) is 3.08. The zero-order valence-electron chi connectivity index (χ0n) is 26.5. The minimum absolute atomic E-state index is 1.01. The molecule has 0 N–H and O–H groups in total. The fraction of sp³-hybridized carbons (Fsp3) is 0.286. The number of hydrogen-bond acceptors (Lipinski definition) is 3. The molecule has 0 aromatic heterocycles. The van der Waals surface area contributed by atoms with Gasteiger partial charge in [-0.05, 0) is 108 Å². The van der Waals surface area contributed by atoms with Gasteiger partial charge in [-0.3, -0.25) is 14.7 Å². The van der Waals surface area contributed by atoms with Gasteiger partial charge in [-0.15, -0.1) is 0 Å². The predicted molar refractivity (Wildman–Crippen MR) is 192 cm³/mol. The molecule has 7 rings (SSSR count). The van der Waals surface area contributed by atoms with Crippen molar-refractivity contribution >= 4 is 32.3 Å². The van der Waals surface area contributed by atoms with Gasteiger partial charge in [0.1, 0.15) is 0 Å². The Balaban J connectivity index is 1.12. The summed E-state index contributed by atoms with van der Waals surface area (Å²) in [5.74, 6) is 0. The molecule has 0 aliphatic carbocycles. The Morgan fingerprint density at radius 2 is 0.578 bits per heavy atom.